The van der Waals surface area contributed by atoms with E-state index in [9.17, 15) is 4.79 Å². The molecule has 0 aliphatic heterocycles. The number of rotatable bonds is 8. The van der Waals surface area contributed by atoms with Crippen LogP contribution < -0.4 is 10.5 Å². The summed E-state index contributed by atoms with van der Waals surface area (Å²) in [5, 5.41) is 7.88. The van der Waals surface area contributed by atoms with Gasteiger partial charge in [-0.3, -0.25) is 10.2 Å². The van der Waals surface area contributed by atoms with E-state index in [4.69, 9.17) is 15.9 Å². The first-order chi connectivity index (χ1) is 12.1. The van der Waals surface area contributed by atoms with Gasteiger partial charge in [0.1, 0.15) is 5.84 Å². The van der Waals surface area contributed by atoms with E-state index in [1.54, 1.807) is 7.11 Å². The number of benzene rings is 1. The molecule has 0 saturated carbocycles. The summed E-state index contributed by atoms with van der Waals surface area (Å²) in [4.78, 5) is 16.6. The highest BCUT2D eigenvalue weighted by Crippen LogP contribution is 2.25. The fraction of sp³-hybridized carbons (Fsp3) is 0.316. The maximum Gasteiger partial charge on any atom is 0.215 e. The number of anilines is 1. The molecule has 0 unspecified atom stereocenters. The van der Waals surface area contributed by atoms with Crippen molar-refractivity contribution in [1.82, 2.24) is 9.88 Å². The van der Waals surface area contributed by atoms with Gasteiger partial charge in [-0.1, -0.05) is 24.3 Å². The van der Waals surface area contributed by atoms with Crippen molar-refractivity contribution in [2.45, 2.75) is 26.2 Å². The zero-order chi connectivity index (χ0) is 18.2. The fourth-order valence-electron chi connectivity index (χ4n) is 2.57. The van der Waals surface area contributed by atoms with Gasteiger partial charge in [0.25, 0.3) is 0 Å². The average molecular weight is 340 g/mol. The normalized spacial score (nSPS) is 10.3. The minimum atomic E-state index is 0.368. The Labute approximate surface area is 148 Å². The van der Waals surface area contributed by atoms with Crippen molar-refractivity contribution in [2.24, 2.45) is 0 Å². The molecule has 0 saturated heterocycles. The van der Waals surface area contributed by atoms with Gasteiger partial charge in [0.15, 0.2) is 11.6 Å². The Kier molecular flexibility index (Phi) is 6.51. The Morgan fingerprint density at radius 2 is 2.00 bits per heavy atom. The number of methoxy groups -OCH3 is 1. The minimum Gasteiger partial charge on any atom is -0.493 e. The molecule has 132 valence electrons. The van der Waals surface area contributed by atoms with Gasteiger partial charge < -0.3 is 15.4 Å². The lowest BCUT2D eigenvalue weighted by Crippen LogP contribution is -2.28. The number of amidine groups is 1. The first-order valence-corrected chi connectivity index (χ1v) is 8.28. The van der Waals surface area contributed by atoms with E-state index < -0.39 is 0 Å². The van der Waals surface area contributed by atoms with E-state index >= 15 is 0 Å². The van der Waals surface area contributed by atoms with Crippen LogP contribution in [0, 0.1) is 5.41 Å². The predicted octanol–water partition coefficient (Wildman–Crippen LogP) is 3.12. The quantitative estimate of drug-likeness (QED) is 0.439. The second-order valence-corrected chi connectivity index (χ2v) is 5.67. The Bertz CT molecular complexity index is 729. The number of nitrogen functional groups attached to an aromatic ring is 1. The van der Waals surface area contributed by atoms with E-state index in [-0.39, 0.29) is 0 Å². The van der Waals surface area contributed by atoms with Gasteiger partial charge in [-0.2, -0.15) is 0 Å². The fourth-order valence-corrected chi connectivity index (χ4v) is 2.57. The third kappa shape index (κ3) is 4.79. The van der Waals surface area contributed by atoms with Crippen LogP contribution in [-0.2, 0) is 11.2 Å². The van der Waals surface area contributed by atoms with Gasteiger partial charge in [0.05, 0.1) is 12.8 Å². The third-order valence-corrected chi connectivity index (χ3v) is 4.05. The topological polar surface area (TPSA) is 92.3 Å². The Balaban J connectivity index is 1.95. The number of aromatic nitrogens is 1. The summed E-state index contributed by atoms with van der Waals surface area (Å²) in [6.07, 6.45) is 2.99. The van der Waals surface area contributed by atoms with Crippen molar-refractivity contribution >= 4 is 18.1 Å². The lowest BCUT2D eigenvalue weighted by atomic mass is 10.0. The molecule has 0 radical (unpaired) electrons. The SMILES string of the molecule is CCN(C=O)C(=N)CCCc1ccc(-c2ccc(OC)c(N)n2)cc1. The molecule has 2 rings (SSSR count). The van der Waals surface area contributed by atoms with Crippen LogP contribution in [0.1, 0.15) is 25.3 Å². The molecular formula is C19H24N4O2. The van der Waals surface area contributed by atoms with Crippen LogP contribution in [0.4, 0.5) is 5.82 Å². The summed E-state index contributed by atoms with van der Waals surface area (Å²) in [7, 11) is 1.57. The highest BCUT2D eigenvalue weighted by molar-refractivity contribution is 5.88. The number of pyridine rings is 1. The van der Waals surface area contributed by atoms with Crippen LogP contribution in [0.15, 0.2) is 36.4 Å². The van der Waals surface area contributed by atoms with Crippen LogP contribution in [-0.4, -0.2) is 35.8 Å². The van der Waals surface area contributed by atoms with Crippen molar-refractivity contribution in [3.05, 3.63) is 42.0 Å². The summed E-state index contributed by atoms with van der Waals surface area (Å²) >= 11 is 0. The molecule has 0 spiro atoms. The molecule has 0 aliphatic rings. The van der Waals surface area contributed by atoms with Crippen LogP contribution in [0.25, 0.3) is 11.3 Å². The summed E-state index contributed by atoms with van der Waals surface area (Å²) in [5.41, 5.74) is 8.83. The van der Waals surface area contributed by atoms with Crippen LogP contribution >= 0.6 is 0 Å². The van der Waals surface area contributed by atoms with Crippen molar-refractivity contribution in [3.8, 4) is 17.0 Å². The van der Waals surface area contributed by atoms with E-state index in [0.717, 1.165) is 24.1 Å². The highest BCUT2D eigenvalue weighted by atomic mass is 16.5. The van der Waals surface area contributed by atoms with Gasteiger partial charge in [-0.25, -0.2) is 4.98 Å². The predicted molar refractivity (Wildman–Crippen MR) is 99.7 cm³/mol. The van der Waals surface area contributed by atoms with Crippen LogP contribution in [0.2, 0.25) is 0 Å². The van der Waals surface area contributed by atoms with Crippen molar-refractivity contribution < 1.29 is 9.53 Å². The molecule has 1 aromatic carbocycles. The smallest absolute Gasteiger partial charge is 0.215 e. The van der Waals surface area contributed by atoms with Gasteiger partial charge in [-0.15, -0.1) is 0 Å². The Morgan fingerprint density at radius 3 is 2.56 bits per heavy atom. The summed E-state index contributed by atoms with van der Waals surface area (Å²) in [6, 6.07) is 11.8. The molecule has 6 nitrogen and oxygen atoms in total. The van der Waals surface area contributed by atoms with E-state index in [1.165, 1.54) is 10.5 Å². The Hall–Kier alpha value is -2.89. The van der Waals surface area contributed by atoms with E-state index in [2.05, 4.69) is 17.1 Å². The first kappa shape index (κ1) is 18.4. The number of carbonyl (C=O) groups is 1. The van der Waals surface area contributed by atoms with Crippen LogP contribution in [0.3, 0.4) is 0 Å². The number of ether oxygens (including phenoxy) is 1. The molecule has 25 heavy (non-hydrogen) atoms. The monoisotopic (exact) mass is 340 g/mol. The molecule has 1 aromatic heterocycles. The zero-order valence-electron chi connectivity index (χ0n) is 14.7. The molecule has 0 bridgehead atoms. The third-order valence-electron chi connectivity index (χ3n) is 4.05. The molecule has 0 aliphatic carbocycles. The molecule has 6 heteroatoms. The molecule has 2 aromatic rings. The number of amides is 1. The maximum absolute atomic E-state index is 10.8. The maximum atomic E-state index is 10.8. The van der Waals surface area contributed by atoms with Gasteiger partial charge in [0.2, 0.25) is 6.41 Å². The second kappa shape index (κ2) is 8.82. The number of nitrogens with zero attached hydrogens (tertiary/aromatic N) is 2. The summed E-state index contributed by atoms with van der Waals surface area (Å²) < 4.78 is 5.12. The standard InChI is InChI=1S/C19H24N4O2/c1-3-23(13-24)18(20)6-4-5-14-7-9-15(10-8-14)16-11-12-17(25-2)19(21)22-16/h7-13,20H,3-6H2,1-2H3,(H2,21,22). The number of nitrogens with two attached hydrogens (primary N) is 1. The van der Waals surface area contributed by atoms with E-state index in [1.807, 2.05) is 31.2 Å². The molecule has 3 N–H and O–H groups in total. The number of hydrogen-bond donors (Lipinski definition) is 2. The van der Waals surface area contributed by atoms with E-state index in [0.29, 0.717) is 36.8 Å². The molecular weight excluding hydrogens is 316 g/mol. The first-order valence-electron chi connectivity index (χ1n) is 8.28. The second-order valence-electron chi connectivity index (χ2n) is 5.67. The number of carbonyl (C=O) groups excluding carboxylic acids is 1. The minimum absolute atomic E-state index is 0.368. The van der Waals surface area contributed by atoms with Gasteiger partial charge in [-0.05, 0) is 37.5 Å². The van der Waals surface area contributed by atoms with Crippen LogP contribution in [0.5, 0.6) is 5.75 Å². The van der Waals surface area contributed by atoms with Gasteiger partial charge >= 0.3 is 0 Å². The molecule has 1 amide bonds. The lowest BCUT2D eigenvalue weighted by molar-refractivity contribution is -0.114. The molecule has 0 atom stereocenters. The van der Waals surface area contributed by atoms with Crippen molar-refractivity contribution in [3.63, 3.8) is 0 Å². The van der Waals surface area contributed by atoms with Crippen molar-refractivity contribution in [1.29, 1.82) is 5.41 Å². The van der Waals surface area contributed by atoms with Crippen molar-refractivity contribution in [2.75, 3.05) is 19.4 Å². The highest BCUT2D eigenvalue weighted by Gasteiger charge is 2.07. The number of aryl methyl sites for hydroxylation is 1. The molecule has 1 heterocycles. The Morgan fingerprint density at radius 1 is 1.28 bits per heavy atom. The summed E-state index contributed by atoms with van der Waals surface area (Å²) in [5.74, 6) is 1.31. The lowest BCUT2D eigenvalue weighted by Gasteiger charge is -2.15. The largest absolute Gasteiger partial charge is 0.493 e. The average Bonchev–Trinajstić information content (AvgIpc) is 2.63. The van der Waals surface area contributed by atoms with Gasteiger partial charge in [0, 0.05) is 18.5 Å². The molecule has 0 fully saturated rings. The number of nitrogens with one attached hydrogen (secondary N) is 1. The zero-order valence-corrected chi connectivity index (χ0v) is 14.7. The summed E-state index contributed by atoms with van der Waals surface area (Å²) in [6.45, 7) is 2.40. The number of hydrogen-bond acceptors (Lipinski definition) is 5.